The highest BCUT2D eigenvalue weighted by atomic mass is 16.2. The molecule has 0 bridgehead atoms. The molecule has 0 saturated carbocycles. The van der Waals surface area contributed by atoms with Crippen molar-refractivity contribution in [3.8, 4) is 0 Å². The highest BCUT2D eigenvalue weighted by Gasteiger charge is 2.09. The van der Waals surface area contributed by atoms with Crippen molar-refractivity contribution in [1.29, 1.82) is 0 Å². The Morgan fingerprint density at radius 3 is 2.89 bits per heavy atom. The third-order valence-electron chi connectivity index (χ3n) is 2.93. The molecular formula is C14H19N3O. The summed E-state index contributed by atoms with van der Waals surface area (Å²) in [4.78, 5) is 15.0. The summed E-state index contributed by atoms with van der Waals surface area (Å²) in [5.41, 5.74) is 7.28. The third kappa shape index (κ3) is 2.90. The Labute approximate surface area is 107 Å². The van der Waals surface area contributed by atoms with Gasteiger partial charge in [-0.2, -0.15) is 0 Å². The molecule has 1 aromatic heterocycles. The number of nitrogens with one attached hydrogen (secondary N) is 3. The topological polar surface area (TPSA) is 56.9 Å². The molecule has 0 spiro atoms. The number of benzene rings is 1. The molecule has 3 N–H and O–H groups in total. The summed E-state index contributed by atoms with van der Waals surface area (Å²) in [6.07, 6.45) is 2.13. The maximum atomic E-state index is 11.9. The molecule has 0 aliphatic carbocycles. The lowest BCUT2D eigenvalue weighted by Gasteiger charge is -2.12. The van der Waals surface area contributed by atoms with E-state index in [2.05, 4.69) is 29.7 Å². The first kappa shape index (κ1) is 12.6. The molecule has 1 amide bonds. The summed E-state index contributed by atoms with van der Waals surface area (Å²) >= 11 is 0. The molecule has 96 valence electrons. The van der Waals surface area contributed by atoms with Gasteiger partial charge in [0.15, 0.2) is 0 Å². The van der Waals surface area contributed by atoms with E-state index in [0.717, 1.165) is 23.7 Å². The number of fused-ring (bicyclic) bond motifs is 1. The smallest absolute Gasteiger partial charge is 0.281 e. The van der Waals surface area contributed by atoms with E-state index in [4.69, 9.17) is 0 Å². The molecule has 1 heterocycles. The maximum Gasteiger partial charge on any atom is 0.281 e. The Balaban J connectivity index is 2.00. The molecule has 0 fully saturated rings. The summed E-state index contributed by atoms with van der Waals surface area (Å²) in [5, 5.41) is 1.05. The quantitative estimate of drug-likeness (QED) is 0.709. The lowest BCUT2D eigenvalue weighted by molar-refractivity contribution is 0.0921. The Morgan fingerprint density at radius 1 is 1.39 bits per heavy atom. The van der Waals surface area contributed by atoms with Crippen LogP contribution in [0.25, 0.3) is 10.9 Å². The molecule has 1 atom stereocenters. The first-order valence-corrected chi connectivity index (χ1v) is 6.34. The molecule has 1 aromatic carbocycles. The minimum atomic E-state index is -0.130. The monoisotopic (exact) mass is 245 g/mol. The molecule has 2 aromatic rings. The fourth-order valence-electron chi connectivity index (χ4n) is 1.96. The van der Waals surface area contributed by atoms with E-state index in [1.807, 2.05) is 30.3 Å². The van der Waals surface area contributed by atoms with Gasteiger partial charge in [0.1, 0.15) is 5.69 Å². The van der Waals surface area contributed by atoms with Crippen LogP contribution in [0.3, 0.4) is 0 Å². The third-order valence-corrected chi connectivity index (χ3v) is 2.93. The van der Waals surface area contributed by atoms with Gasteiger partial charge >= 0.3 is 0 Å². The first-order chi connectivity index (χ1) is 8.70. The van der Waals surface area contributed by atoms with Crippen molar-refractivity contribution in [2.24, 2.45) is 0 Å². The predicted octanol–water partition coefficient (Wildman–Crippen LogP) is 2.59. The molecule has 0 aliphatic heterocycles. The Morgan fingerprint density at radius 2 is 2.17 bits per heavy atom. The Kier molecular flexibility index (Phi) is 3.99. The van der Waals surface area contributed by atoms with E-state index < -0.39 is 0 Å². The average Bonchev–Trinajstić information content (AvgIpc) is 2.80. The fourth-order valence-corrected chi connectivity index (χ4v) is 1.96. The summed E-state index contributed by atoms with van der Waals surface area (Å²) in [7, 11) is 0. The van der Waals surface area contributed by atoms with E-state index in [9.17, 15) is 4.79 Å². The van der Waals surface area contributed by atoms with Crippen molar-refractivity contribution in [2.45, 2.75) is 32.7 Å². The SMILES string of the molecule is CCC[C@@H](C)NNC(=O)c1cc2ccccc2[nH]1. The van der Waals surface area contributed by atoms with Gasteiger partial charge in [-0.1, -0.05) is 31.5 Å². The number of hydrogen-bond donors (Lipinski definition) is 3. The average molecular weight is 245 g/mol. The number of aromatic nitrogens is 1. The van der Waals surface area contributed by atoms with Gasteiger partial charge in [0.05, 0.1) is 0 Å². The number of rotatable bonds is 5. The molecule has 0 radical (unpaired) electrons. The van der Waals surface area contributed by atoms with Crippen LogP contribution < -0.4 is 10.9 Å². The molecule has 18 heavy (non-hydrogen) atoms. The van der Waals surface area contributed by atoms with E-state index in [-0.39, 0.29) is 11.9 Å². The molecule has 0 aliphatic rings. The standard InChI is InChI=1S/C14H19N3O/c1-3-6-10(2)16-17-14(18)13-9-11-7-4-5-8-12(11)15-13/h4-5,7-10,15-16H,3,6H2,1-2H3,(H,17,18)/t10-/m1/s1. The number of para-hydroxylation sites is 1. The van der Waals surface area contributed by atoms with Crippen molar-refractivity contribution in [3.63, 3.8) is 0 Å². The number of hydrazine groups is 1. The van der Waals surface area contributed by atoms with Crippen LogP contribution in [-0.4, -0.2) is 16.9 Å². The maximum absolute atomic E-state index is 11.9. The molecule has 2 rings (SSSR count). The normalized spacial score (nSPS) is 12.6. The number of aromatic amines is 1. The minimum absolute atomic E-state index is 0.130. The molecule has 4 nitrogen and oxygen atoms in total. The van der Waals surface area contributed by atoms with Crippen LogP contribution in [0, 0.1) is 0 Å². The van der Waals surface area contributed by atoms with Crippen molar-refractivity contribution >= 4 is 16.8 Å². The van der Waals surface area contributed by atoms with Crippen LogP contribution in [0.1, 0.15) is 37.2 Å². The summed E-state index contributed by atoms with van der Waals surface area (Å²) in [6, 6.07) is 9.98. The zero-order chi connectivity index (χ0) is 13.0. The van der Waals surface area contributed by atoms with Crippen LogP contribution in [0.15, 0.2) is 30.3 Å². The Hall–Kier alpha value is -1.81. The van der Waals surface area contributed by atoms with Crippen molar-refractivity contribution in [1.82, 2.24) is 15.8 Å². The second kappa shape index (κ2) is 5.69. The first-order valence-electron chi connectivity index (χ1n) is 6.34. The van der Waals surface area contributed by atoms with Crippen molar-refractivity contribution < 1.29 is 4.79 Å². The lowest BCUT2D eigenvalue weighted by Crippen LogP contribution is -2.43. The fraction of sp³-hybridized carbons (Fsp3) is 0.357. The van der Waals surface area contributed by atoms with Crippen LogP contribution in [0.2, 0.25) is 0 Å². The van der Waals surface area contributed by atoms with Gasteiger partial charge in [0.25, 0.3) is 5.91 Å². The zero-order valence-corrected chi connectivity index (χ0v) is 10.8. The van der Waals surface area contributed by atoms with Gasteiger partial charge in [-0.25, -0.2) is 5.43 Å². The van der Waals surface area contributed by atoms with Crippen molar-refractivity contribution in [3.05, 3.63) is 36.0 Å². The number of carbonyl (C=O) groups excluding carboxylic acids is 1. The second-order valence-corrected chi connectivity index (χ2v) is 4.56. The van der Waals surface area contributed by atoms with Gasteiger partial charge < -0.3 is 4.98 Å². The van der Waals surface area contributed by atoms with E-state index >= 15 is 0 Å². The van der Waals surface area contributed by atoms with Crippen LogP contribution >= 0.6 is 0 Å². The van der Waals surface area contributed by atoms with Gasteiger partial charge in [0.2, 0.25) is 0 Å². The highest BCUT2D eigenvalue weighted by Crippen LogP contribution is 2.14. The number of amides is 1. The number of carbonyl (C=O) groups is 1. The lowest BCUT2D eigenvalue weighted by atomic mass is 10.2. The van der Waals surface area contributed by atoms with E-state index in [0.29, 0.717) is 5.69 Å². The molecule has 0 saturated heterocycles. The Bertz CT molecular complexity index is 500. The summed E-state index contributed by atoms with van der Waals surface area (Å²) in [5.74, 6) is -0.130. The van der Waals surface area contributed by atoms with Crippen LogP contribution in [0.4, 0.5) is 0 Å². The van der Waals surface area contributed by atoms with E-state index in [1.165, 1.54) is 0 Å². The molecule has 0 unspecified atom stereocenters. The number of hydrogen-bond acceptors (Lipinski definition) is 2. The van der Waals surface area contributed by atoms with Gasteiger partial charge in [-0.05, 0) is 25.5 Å². The van der Waals surface area contributed by atoms with Gasteiger partial charge in [0, 0.05) is 16.9 Å². The van der Waals surface area contributed by atoms with Crippen molar-refractivity contribution in [2.75, 3.05) is 0 Å². The van der Waals surface area contributed by atoms with Gasteiger partial charge in [-0.15, -0.1) is 0 Å². The molecular weight excluding hydrogens is 226 g/mol. The minimum Gasteiger partial charge on any atom is -0.350 e. The predicted molar refractivity (Wildman–Crippen MR) is 73.3 cm³/mol. The van der Waals surface area contributed by atoms with Crippen LogP contribution in [-0.2, 0) is 0 Å². The highest BCUT2D eigenvalue weighted by molar-refractivity contribution is 5.97. The van der Waals surface area contributed by atoms with Crippen LogP contribution in [0.5, 0.6) is 0 Å². The molecule has 4 heteroatoms. The second-order valence-electron chi connectivity index (χ2n) is 4.56. The summed E-state index contributed by atoms with van der Waals surface area (Å²) in [6.45, 7) is 4.17. The van der Waals surface area contributed by atoms with Gasteiger partial charge in [-0.3, -0.25) is 10.2 Å². The van der Waals surface area contributed by atoms with E-state index in [1.54, 1.807) is 0 Å². The summed E-state index contributed by atoms with van der Waals surface area (Å²) < 4.78 is 0. The largest absolute Gasteiger partial charge is 0.350 e. The number of H-pyrrole nitrogens is 1. The zero-order valence-electron chi connectivity index (χ0n) is 10.8.